The van der Waals surface area contributed by atoms with Crippen LogP contribution in [0.1, 0.15) is 48.0 Å². The van der Waals surface area contributed by atoms with Gasteiger partial charge in [0.15, 0.2) is 4.80 Å². The minimum Gasteiger partial charge on any atom is -0.496 e. The number of benzene rings is 2. The number of para-hydroxylation sites is 1. The third-order valence-electron chi connectivity index (χ3n) is 7.00. The monoisotopic (exact) mass is 541 g/mol. The Morgan fingerprint density at radius 2 is 1.79 bits per heavy atom. The van der Waals surface area contributed by atoms with Gasteiger partial charge in [0, 0.05) is 22.6 Å². The number of aromatic nitrogens is 2. The highest BCUT2D eigenvalue weighted by molar-refractivity contribution is 7.07. The van der Waals surface area contributed by atoms with Crippen molar-refractivity contribution in [1.82, 2.24) is 9.13 Å². The number of rotatable bonds is 6. The molecule has 8 heteroatoms. The second-order valence-corrected chi connectivity index (χ2v) is 10.6. The van der Waals surface area contributed by atoms with Crippen LogP contribution in [0.2, 0.25) is 0 Å². The summed E-state index contributed by atoms with van der Waals surface area (Å²) in [5.74, 6) is 0.0841. The normalized spacial score (nSPS) is 15.2. The standard InChI is InChI=1S/C31H31N3O4S/c1-7-38-30(36)27-20(4)32-31-34(28(27)24-10-8-9-11-25(24)37-6)29(35)26(39-31)17-22-16-19(3)33(21(22)5)23-14-12-18(2)13-15-23/h8-17,28H,7H2,1-6H3/b26-17+/t28-/m0/s1. The molecule has 1 aliphatic rings. The van der Waals surface area contributed by atoms with Gasteiger partial charge in [-0.25, -0.2) is 9.79 Å². The summed E-state index contributed by atoms with van der Waals surface area (Å²) in [4.78, 5) is 32.4. The van der Waals surface area contributed by atoms with Crippen LogP contribution in [0.5, 0.6) is 5.75 Å². The number of methoxy groups -OCH3 is 1. The van der Waals surface area contributed by atoms with Gasteiger partial charge in [-0.2, -0.15) is 0 Å². The summed E-state index contributed by atoms with van der Waals surface area (Å²) in [6.45, 7) is 9.93. The number of aryl methyl sites for hydroxylation is 2. The van der Waals surface area contributed by atoms with Gasteiger partial charge in [0.05, 0.1) is 29.5 Å². The van der Waals surface area contributed by atoms with Crippen LogP contribution < -0.4 is 19.6 Å². The lowest BCUT2D eigenvalue weighted by atomic mass is 9.95. The van der Waals surface area contributed by atoms with Gasteiger partial charge in [0.1, 0.15) is 11.8 Å². The van der Waals surface area contributed by atoms with Crippen molar-refractivity contribution in [2.45, 2.75) is 40.7 Å². The van der Waals surface area contributed by atoms with E-state index in [0.29, 0.717) is 31.9 Å². The SMILES string of the molecule is CCOC(=O)C1=C(C)N=c2s/c(=C/c3cc(C)n(-c4ccc(C)cc4)c3C)c(=O)n2[C@H]1c1ccccc1OC. The van der Waals surface area contributed by atoms with E-state index in [1.165, 1.54) is 16.9 Å². The fraction of sp³-hybridized carbons (Fsp3) is 0.258. The van der Waals surface area contributed by atoms with Crippen LogP contribution in [0.15, 0.2) is 75.7 Å². The molecule has 5 rings (SSSR count). The second kappa shape index (κ2) is 10.5. The first-order valence-corrected chi connectivity index (χ1v) is 13.6. The molecule has 1 atom stereocenters. The summed E-state index contributed by atoms with van der Waals surface area (Å²) in [5, 5.41) is 0. The van der Waals surface area contributed by atoms with Crippen molar-refractivity contribution in [3.05, 3.63) is 114 Å². The molecule has 0 saturated heterocycles. The van der Waals surface area contributed by atoms with E-state index < -0.39 is 12.0 Å². The predicted molar refractivity (Wildman–Crippen MR) is 153 cm³/mol. The van der Waals surface area contributed by atoms with E-state index >= 15 is 0 Å². The van der Waals surface area contributed by atoms with Crippen LogP contribution in [-0.4, -0.2) is 28.8 Å². The van der Waals surface area contributed by atoms with E-state index in [1.807, 2.05) is 30.3 Å². The lowest BCUT2D eigenvalue weighted by Crippen LogP contribution is -2.40. The number of carbonyl (C=O) groups is 1. The van der Waals surface area contributed by atoms with Crippen molar-refractivity contribution in [3.8, 4) is 11.4 Å². The molecule has 7 nitrogen and oxygen atoms in total. The summed E-state index contributed by atoms with van der Waals surface area (Å²) in [6, 6.07) is 17.2. The summed E-state index contributed by atoms with van der Waals surface area (Å²) < 4.78 is 15.3. The minimum atomic E-state index is -0.724. The van der Waals surface area contributed by atoms with Crippen molar-refractivity contribution < 1.29 is 14.3 Å². The van der Waals surface area contributed by atoms with E-state index in [2.05, 4.69) is 60.7 Å². The minimum absolute atomic E-state index is 0.218. The topological polar surface area (TPSA) is 74.8 Å². The Balaban J connectivity index is 1.71. The van der Waals surface area contributed by atoms with Gasteiger partial charge in [-0.15, -0.1) is 0 Å². The highest BCUT2D eigenvalue weighted by Crippen LogP contribution is 2.35. The van der Waals surface area contributed by atoms with Crippen LogP contribution in [0.25, 0.3) is 11.8 Å². The first-order valence-electron chi connectivity index (χ1n) is 12.8. The molecular weight excluding hydrogens is 510 g/mol. The predicted octanol–water partition coefficient (Wildman–Crippen LogP) is 4.52. The average Bonchev–Trinajstić information content (AvgIpc) is 3.37. The Bertz CT molecular complexity index is 1790. The second-order valence-electron chi connectivity index (χ2n) is 9.54. The Labute approximate surface area is 231 Å². The molecule has 0 amide bonds. The first kappa shape index (κ1) is 26.4. The maximum absolute atomic E-state index is 14.0. The molecule has 4 aromatic rings. The van der Waals surface area contributed by atoms with Crippen molar-refractivity contribution in [2.24, 2.45) is 4.99 Å². The van der Waals surface area contributed by atoms with Crippen molar-refractivity contribution in [2.75, 3.05) is 13.7 Å². The molecular formula is C31H31N3O4S. The molecule has 0 bridgehead atoms. The molecule has 0 spiro atoms. The molecule has 39 heavy (non-hydrogen) atoms. The van der Waals surface area contributed by atoms with Crippen molar-refractivity contribution >= 4 is 23.4 Å². The number of esters is 1. The average molecular weight is 542 g/mol. The van der Waals surface area contributed by atoms with Crippen LogP contribution in [0.4, 0.5) is 0 Å². The summed E-state index contributed by atoms with van der Waals surface area (Å²) in [6.07, 6.45) is 1.92. The number of allylic oxidation sites excluding steroid dienone is 1. The van der Waals surface area contributed by atoms with Gasteiger partial charge in [-0.05, 0) is 70.5 Å². The maximum atomic E-state index is 14.0. The molecule has 0 radical (unpaired) electrons. The molecule has 0 unspecified atom stereocenters. The van der Waals surface area contributed by atoms with Crippen LogP contribution in [-0.2, 0) is 9.53 Å². The lowest BCUT2D eigenvalue weighted by Gasteiger charge is -2.25. The van der Waals surface area contributed by atoms with Gasteiger partial charge in [0.25, 0.3) is 5.56 Å². The van der Waals surface area contributed by atoms with E-state index in [0.717, 1.165) is 22.6 Å². The molecule has 0 aliphatic carbocycles. The lowest BCUT2D eigenvalue weighted by molar-refractivity contribution is -0.139. The summed E-state index contributed by atoms with van der Waals surface area (Å²) >= 11 is 1.31. The molecule has 3 heterocycles. The zero-order valence-corrected chi connectivity index (χ0v) is 23.8. The van der Waals surface area contributed by atoms with Crippen molar-refractivity contribution in [3.63, 3.8) is 0 Å². The number of hydrogen-bond acceptors (Lipinski definition) is 6. The van der Waals surface area contributed by atoms with E-state index in [9.17, 15) is 9.59 Å². The molecule has 2 aromatic heterocycles. The third-order valence-corrected chi connectivity index (χ3v) is 7.98. The quantitative estimate of drug-likeness (QED) is 0.337. The Morgan fingerprint density at radius 1 is 1.08 bits per heavy atom. The van der Waals surface area contributed by atoms with Crippen LogP contribution in [0, 0.1) is 20.8 Å². The van der Waals surface area contributed by atoms with E-state index in [4.69, 9.17) is 9.47 Å². The highest BCUT2D eigenvalue weighted by Gasteiger charge is 2.35. The summed E-state index contributed by atoms with van der Waals surface area (Å²) in [7, 11) is 1.58. The number of fused-ring (bicyclic) bond motifs is 1. The number of thiazole rings is 1. The van der Waals surface area contributed by atoms with Crippen LogP contribution >= 0.6 is 11.3 Å². The fourth-order valence-electron chi connectivity index (χ4n) is 5.14. The molecule has 0 N–H and O–H groups in total. The van der Waals surface area contributed by atoms with Gasteiger partial charge in [0.2, 0.25) is 0 Å². The molecule has 200 valence electrons. The van der Waals surface area contributed by atoms with Crippen molar-refractivity contribution in [1.29, 1.82) is 0 Å². The zero-order chi connectivity index (χ0) is 27.8. The molecule has 0 fully saturated rings. The maximum Gasteiger partial charge on any atom is 0.338 e. The Hall–Kier alpha value is -4.17. The van der Waals surface area contributed by atoms with Crippen LogP contribution in [0.3, 0.4) is 0 Å². The van der Waals surface area contributed by atoms with E-state index in [-0.39, 0.29) is 12.2 Å². The largest absolute Gasteiger partial charge is 0.496 e. The van der Waals surface area contributed by atoms with Gasteiger partial charge in [-0.1, -0.05) is 47.2 Å². The molecule has 0 saturated carbocycles. The summed E-state index contributed by atoms with van der Waals surface area (Å²) in [5.41, 5.74) is 6.66. The first-order chi connectivity index (χ1) is 18.7. The Kier molecular flexibility index (Phi) is 7.14. The van der Waals surface area contributed by atoms with Gasteiger partial charge < -0.3 is 14.0 Å². The zero-order valence-electron chi connectivity index (χ0n) is 22.9. The molecule has 2 aromatic carbocycles. The number of hydrogen-bond donors (Lipinski definition) is 0. The van der Waals surface area contributed by atoms with Gasteiger partial charge in [-0.3, -0.25) is 9.36 Å². The number of nitrogens with zero attached hydrogens (tertiary/aromatic N) is 3. The molecule has 1 aliphatic heterocycles. The number of carbonyl (C=O) groups excluding carboxylic acids is 1. The Morgan fingerprint density at radius 3 is 2.49 bits per heavy atom. The smallest absolute Gasteiger partial charge is 0.338 e. The number of ether oxygens (including phenoxy) is 2. The van der Waals surface area contributed by atoms with Gasteiger partial charge >= 0.3 is 5.97 Å². The van der Waals surface area contributed by atoms with E-state index in [1.54, 1.807) is 25.5 Å². The highest BCUT2D eigenvalue weighted by atomic mass is 32.1. The third kappa shape index (κ3) is 4.65. The fourth-order valence-corrected chi connectivity index (χ4v) is 6.18.